The van der Waals surface area contributed by atoms with Gasteiger partial charge in [0.25, 0.3) is 0 Å². The van der Waals surface area contributed by atoms with Gasteiger partial charge in [0, 0.05) is 0 Å². The Morgan fingerprint density at radius 3 is 2.06 bits per heavy atom. The molecule has 0 bridgehead atoms. The summed E-state index contributed by atoms with van der Waals surface area (Å²) in [6, 6.07) is 12.6. The lowest BCUT2D eigenvalue weighted by Gasteiger charge is -2.09. The fourth-order valence-corrected chi connectivity index (χ4v) is 1.78. The van der Waals surface area contributed by atoms with Gasteiger partial charge in [-0.05, 0) is 28.8 Å². The van der Waals surface area contributed by atoms with E-state index in [-0.39, 0.29) is 0 Å². The fourth-order valence-electron chi connectivity index (χ4n) is 1.78. The van der Waals surface area contributed by atoms with Crippen LogP contribution in [-0.4, -0.2) is 0 Å². The number of halogens is 3. The quantitative estimate of drug-likeness (QED) is 0.700. The number of rotatable bonds is 2. The predicted octanol–water partition coefficient (Wildman–Crippen LogP) is 5.02. The van der Waals surface area contributed by atoms with E-state index in [1.54, 1.807) is 6.08 Å². The molecule has 0 aliphatic heterocycles. The summed E-state index contributed by atoms with van der Waals surface area (Å²) in [5, 5.41) is 0. The van der Waals surface area contributed by atoms with Crippen LogP contribution in [0, 0.1) is 0 Å². The summed E-state index contributed by atoms with van der Waals surface area (Å²) in [6.07, 6.45) is -2.61. The van der Waals surface area contributed by atoms with Crippen LogP contribution in [0.25, 0.3) is 17.2 Å². The molecule has 0 aliphatic rings. The van der Waals surface area contributed by atoms with Gasteiger partial charge in [0.05, 0.1) is 5.56 Å². The molecule has 2 aromatic carbocycles. The molecule has 0 fully saturated rings. The monoisotopic (exact) mass is 248 g/mol. The zero-order valence-electron chi connectivity index (χ0n) is 9.54. The number of benzene rings is 2. The second kappa shape index (κ2) is 4.69. The standard InChI is InChI=1S/C15H11F3/c1-2-11-5-3-4-6-14(11)12-7-9-13(10-8-12)15(16,17)18/h2-10H,1H2. The molecule has 0 radical (unpaired) electrons. The maximum Gasteiger partial charge on any atom is 0.416 e. The van der Waals surface area contributed by atoms with Gasteiger partial charge in [0.1, 0.15) is 0 Å². The number of hydrogen-bond acceptors (Lipinski definition) is 0. The Morgan fingerprint density at radius 2 is 1.50 bits per heavy atom. The minimum absolute atomic E-state index is 0.637. The number of alkyl halides is 3. The van der Waals surface area contributed by atoms with Crippen molar-refractivity contribution in [1.29, 1.82) is 0 Å². The fraction of sp³-hybridized carbons (Fsp3) is 0.0667. The van der Waals surface area contributed by atoms with Crippen LogP contribution in [0.5, 0.6) is 0 Å². The van der Waals surface area contributed by atoms with Crippen LogP contribution in [0.2, 0.25) is 0 Å². The van der Waals surface area contributed by atoms with Crippen LogP contribution < -0.4 is 0 Å². The minimum atomic E-state index is -4.30. The normalized spacial score (nSPS) is 11.3. The lowest BCUT2D eigenvalue weighted by molar-refractivity contribution is -0.137. The van der Waals surface area contributed by atoms with Gasteiger partial charge in [-0.3, -0.25) is 0 Å². The SMILES string of the molecule is C=Cc1ccccc1-c1ccc(C(F)(F)F)cc1. The molecule has 0 amide bonds. The second-order valence-electron chi connectivity index (χ2n) is 3.87. The van der Waals surface area contributed by atoms with Gasteiger partial charge in [-0.1, -0.05) is 49.1 Å². The first-order valence-electron chi connectivity index (χ1n) is 5.41. The van der Waals surface area contributed by atoms with Crippen molar-refractivity contribution in [2.45, 2.75) is 6.18 Å². The molecular formula is C15H11F3. The molecule has 18 heavy (non-hydrogen) atoms. The van der Waals surface area contributed by atoms with E-state index >= 15 is 0 Å². The molecule has 92 valence electrons. The van der Waals surface area contributed by atoms with Gasteiger partial charge in [-0.2, -0.15) is 13.2 Å². The highest BCUT2D eigenvalue weighted by Gasteiger charge is 2.29. The molecule has 0 spiro atoms. The van der Waals surface area contributed by atoms with Gasteiger partial charge in [0.2, 0.25) is 0 Å². The summed E-state index contributed by atoms with van der Waals surface area (Å²) < 4.78 is 37.4. The van der Waals surface area contributed by atoms with E-state index in [0.29, 0.717) is 0 Å². The molecule has 0 saturated carbocycles. The Labute approximate surface area is 103 Å². The highest BCUT2D eigenvalue weighted by molar-refractivity contribution is 5.74. The van der Waals surface area contributed by atoms with E-state index in [0.717, 1.165) is 28.8 Å². The third-order valence-corrected chi connectivity index (χ3v) is 2.70. The minimum Gasteiger partial charge on any atom is -0.166 e. The van der Waals surface area contributed by atoms with E-state index < -0.39 is 11.7 Å². The van der Waals surface area contributed by atoms with Crippen molar-refractivity contribution in [3.8, 4) is 11.1 Å². The molecule has 0 N–H and O–H groups in total. The zero-order chi connectivity index (χ0) is 13.2. The summed E-state index contributed by atoms with van der Waals surface area (Å²) in [6.45, 7) is 3.69. The van der Waals surface area contributed by atoms with Gasteiger partial charge in [-0.15, -0.1) is 0 Å². The summed E-state index contributed by atoms with van der Waals surface area (Å²) in [4.78, 5) is 0. The topological polar surface area (TPSA) is 0 Å². The molecule has 0 aliphatic carbocycles. The van der Waals surface area contributed by atoms with Gasteiger partial charge < -0.3 is 0 Å². The van der Waals surface area contributed by atoms with Crippen molar-refractivity contribution in [2.75, 3.05) is 0 Å². The Morgan fingerprint density at radius 1 is 0.889 bits per heavy atom. The molecular weight excluding hydrogens is 237 g/mol. The number of hydrogen-bond donors (Lipinski definition) is 0. The third-order valence-electron chi connectivity index (χ3n) is 2.70. The van der Waals surface area contributed by atoms with Gasteiger partial charge >= 0.3 is 6.18 Å². The van der Waals surface area contributed by atoms with Crippen molar-refractivity contribution >= 4 is 6.08 Å². The van der Waals surface area contributed by atoms with E-state index in [2.05, 4.69) is 6.58 Å². The molecule has 0 heterocycles. The van der Waals surface area contributed by atoms with Crippen molar-refractivity contribution in [2.24, 2.45) is 0 Å². The summed E-state index contributed by atoms with van der Waals surface area (Å²) in [5.74, 6) is 0. The van der Waals surface area contributed by atoms with Crippen LogP contribution in [0.15, 0.2) is 55.1 Å². The average molecular weight is 248 g/mol. The lowest BCUT2D eigenvalue weighted by Crippen LogP contribution is -2.04. The van der Waals surface area contributed by atoms with Crippen molar-refractivity contribution in [3.63, 3.8) is 0 Å². The third kappa shape index (κ3) is 2.45. The maximum atomic E-state index is 12.5. The van der Waals surface area contributed by atoms with Gasteiger partial charge in [-0.25, -0.2) is 0 Å². The van der Waals surface area contributed by atoms with E-state index in [4.69, 9.17) is 0 Å². The van der Waals surface area contributed by atoms with Crippen molar-refractivity contribution in [3.05, 3.63) is 66.2 Å². The predicted molar refractivity (Wildman–Crippen MR) is 67.0 cm³/mol. The highest BCUT2D eigenvalue weighted by Crippen LogP contribution is 2.31. The van der Waals surface area contributed by atoms with Gasteiger partial charge in [0.15, 0.2) is 0 Å². The Kier molecular flexibility index (Phi) is 3.24. The average Bonchev–Trinajstić information content (AvgIpc) is 2.38. The molecule has 0 atom stereocenters. The summed E-state index contributed by atoms with van der Waals surface area (Å²) >= 11 is 0. The first-order chi connectivity index (χ1) is 8.52. The van der Waals surface area contributed by atoms with Crippen molar-refractivity contribution < 1.29 is 13.2 Å². The Hall–Kier alpha value is -2.03. The molecule has 2 rings (SSSR count). The molecule has 2 aromatic rings. The largest absolute Gasteiger partial charge is 0.416 e. The highest BCUT2D eigenvalue weighted by atomic mass is 19.4. The van der Waals surface area contributed by atoms with E-state index in [9.17, 15) is 13.2 Å². The van der Waals surface area contributed by atoms with E-state index in [1.807, 2.05) is 24.3 Å². The molecule has 0 nitrogen and oxygen atoms in total. The van der Waals surface area contributed by atoms with Crippen LogP contribution in [-0.2, 0) is 6.18 Å². The summed E-state index contributed by atoms with van der Waals surface area (Å²) in [5.41, 5.74) is 1.89. The lowest BCUT2D eigenvalue weighted by atomic mass is 9.99. The maximum absolute atomic E-state index is 12.5. The first-order valence-corrected chi connectivity index (χ1v) is 5.41. The van der Waals surface area contributed by atoms with Crippen LogP contribution >= 0.6 is 0 Å². The van der Waals surface area contributed by atoms with Crippen molar-refractivity contribution in [1.82, 2.24) is 0 Å². The molecule has 3 heteroatoms. The second-order valence-corrected chi connectivity index (χ2v) is 3.87. The van der Waals surface area contributed by atoms with Crippen LogP contribution in [0.1, 0.15) is 11.1 Å². The Bertz CT molecular complexity index is 551. The smallest absolute Gasteiger partial charge is 0.166 e. The first kappa shape index (κ1) is 12.4. The molecule has 0 unspecified atom stereocenters. The molecule has 0 saturated heterocycles. The van der Waals surface area contributed by atoms with Crippen LogP contribution in [0.4, 0.5) is 13.2 Å². The zero-order valence-corrected chi connectivity index (χ0v) is 9.54. The van der Waals surface area contributed by atoms with E-state index in [1.165, 1.54) is 12.1 Å². The Balaban J connectivity index is 2.44. The molecule has 0 aromatic heterocycles. The summed E-state index contributed by atoms with van der Waals surface area (Å²) in [7, 11) is 0. The van der Waals surface area contributed by atoms with Crippen LogP contribution in [0.3, 0.4) is 0 Å².